The molecule has 2 rings (SSSR count). The molecule has 0 saturated heterocycles. The normalized spacial score (nSPS) is 11.4. The summed E-state index contributed by atoms with van der Waals surface area (Å²) >= 11 is 11.6. The molecule has 4 nitrogen and oxygen atoms in total. The maximum absolute atomic E-state index is 12.7. The van der Waals surface area contributed by atoms with E-state index in [1.165, 1.54) is 18.2 Å². The number of halogens is 7. The van der Waals surface area contributed by atoms with Crippen molar-refractivity contribution in [1.29, 1.82) is 0 Å². The first-order valence-electron chi connectivity index (χ1n) is 7.21. The number of nitrogens with one attached hydrogen (secondary N) is 2. The van der Waals surface area contributed by atoms with Crippen molar-refractivity contribution in [2.75, 3.05) is 17.2 Å². The van der Waals surface area contributed by atoms with Gasteiger partial charge in [-0.15, -0.1) is 0 Å². The summed E-state index contributed by atoms with van der Waals surface area (Å²) in [4.78, 5) is 11.9. The summed E-state index contributed by atoms with van der Waals surface area (Å²) < 4.78 is 66.7. The molecule has 146 valence electrons. The van der Waals surface area contributed by atoms with Crippen LogP contribution in [0.4, 0.5) is 33.3 Å². The Bertz CT molecular complexity index is 831. The van der Waals surface area contributed by atoms with Crippen LogP contribution in [0.3, 0.4) is 0 Å². The predicted octanol–water partition coefficient (Wildman–Crippen LogP) is 5.66. The largest absolute Gasteiger partial charge is 0.433 e. The molecule has 11 heteroatoms. The molecule has 2 aromatic rings. The highest BCUT2D eigenvalue weighted by Crippen LogP contribution is 2.34. The van der Waals surface area contributed by atoms with Crippen molar-refractivity contribution >= 4 is 40.5 Å². The van der Waals surface area contributed by atoms with Crippen LogP contribution in [-0.4, -0.2) is 19.1 Å². The van der Waals surface area contributed by atoms with Crippen LogP contribution in [-0.2, 0) is 11.0 Å². The molecule has 0 atom stereocenters. The van der Waals surface area contributed by atoms with Gasteiger partial charge >= 0.3 is 12.8 Å². The lowest BCUT2D eigenvalue weighted by molar-refractivity contribution is -0.137. The minimum Gasteiger partial charge on any atom is -0.433 e. The average Bonchev–Trinajstić information content (AvgIpc) is 2.56. The van der Waals surface area contributed by atoms with Crippen molar-refractivity contribution < 1.29 is 31.5 Å². The van der Waals surface area contributed by atoms with E-state index in [1.54, 1.807) is 0 Å². The van der Waals surface area contributed by atoms with Gasteiger partial charge in [-0.05, 0) is 36.4 Å². The zero-order chi connectivity index (χ0) is 20.2. The fourth-order valence-electron chi connectivity index (χ4n) is 1.98. The molecule has 2 N–H and O–H groups in total. The highest BCUT2D eigenvalue weighted by atomic mass is 35.5. The molecule has 27 heavy (non-hydrogen) atoms. The summed E-state index contributed by atoms with van der Waals surface area (Å²) in [6, 6.07) is 6.31. The van der Waals surface area contributed by atoms with E-state index in [1.807, 2.05) is 0 Å². The highest BCUT2D eigenvalue weighted by Gasteiger charge is 2.31. The van der Waals surface area contributed by atoms with Gasteiger partial charge in [0.05, 0.1) is 27.8 Å². The first-order chi connectivity index (χ1) is 12.6. The van der Waals surface area contributed by atoms with Crippen molar-refractivity contribution in [3.8, 4) is 5.75 Å². The Hall–Kier alpha value is -2.26. The zero-order valence-corrected chi connectivity index (χ0v) is 14.7. The number of ether oxygens (including phenoxy) is 1. The Morgan fingerprint density at radius 3 is 2.37 bits per heavy atom. The van der Waals surface area contributed by atoms with Crippen LogP contribution in [0.1, 0.15) is 5.56 Å². The SMILES string of the molecule is O=C(CNc1ccc(OC(F)F)c(Cl)c1)Nc1cc(C(F)(F)F)ccc1Cl. The summed E-state index contributed by atoms with van der Waals surface area (Å²) in [7, 11) is 0. The van der Waals surface area contributed by atoms with Crippen LogP contribution in [0.5, 0.6) is 5.75 Å². The summed E-state index contributed by atoms with van der Waals surface area (Å²) in [5.74, 6) is -0.919. The number of carbonyl (C=O) groups is 1. The van der Waals surface area contributed by atoms with Crippen molar-refractivity contribution in [3.05, 3.63) is 52.0 Å². The third-order valence-corrected chi connectivity index (χ3v) is 3.79. The number of carbonyl (C=O) groups excluding carboxylic acids is 1. The topological polar surface area (TPSA) is 50.4 Å². The van der Waals surface area contributed by atoms with E-state index < -0.39 is 24.3 Å². The van der Waals surface area contributed by atoms with E-state index in [0.717, 1.165) is 12.1 Å². The molecule has 0 bridgehead atoms. The number of hydrogen-bond acceptors (Lipinski definition) is 3. The second kappa shape index (κ2) is 8.62. The zero-order valence-electron chi connectivity index (χ0n) is 13.2. The molecule has 0 radical (unpaired) electrons. The van der Waals surface area contributed by atoms with Gasteiger partial charge in [-0.2, -0.15) is 22.0 Å². The lowest BCUT2D eigenvalue weighted by Crippen LogP contribution is -2.22. The minimum absolute atomic E-state index is 0.0621. The molecule has 0 aliphatic heterocycles. The number of anilines is 2. The van der Waals surface area contributed by atoms with E-state index in [4.69, 9.17) is 23.2 Å². The number of rotatable bonds is 6. The molecule has 0 aromatic heterocycles. The van der Waals surface area contributed by atoms with Crippen LogP contribution in [0.15, 0.2) is 36.4 Å². The molecule has 0 unspecified atom stereocenters. The Morgan fingerprint density at radius 1 is 1.07 bits per heavy atom. The van der Waals surface area contributed by atoms with Crippen LogP contribution < -0.4 is 15.4 Å². The number of amides is 1. The molecule has 0 fully saturated rings. The molecule has 0 aliphatic carbocycles. The van der Waals surface area contributed by atoms with Crippen molar-refractivity contribution in [1.82, 2.24) is 0 Å². The Balaban J connectivity index is 2.00. The fourth-order valence-corrected chi connectivity index (χ4v) is 2.37. The van der Waals surface area contributed by atoms with Crippen LogP contribution >= 0.6 is 23.2 Å². The van der Waals surface area contributed by atoms with Crippen LogP contribution in [0.25, 0.3) is 0 Å². The van der Waals surface area contributed by atoms with Gasteiger partial charge in [-0.1, -0.05) is 23.2 Å². The van der Waals surface area contributed by atoms with Gasteiger partial charge in [-0.3, -0.25) is 4.79 Å². The van der Waals surface area contributed by atoms with Gasteiger partial charge < -0.3 is 15.4 Å². The lowest BCUT2D eigenvalue weighted by atomic mass is 10.2. The monoisotopic (exact) mass is 428 g/mol. The number of benzene rings is 2. The van der Waals surface area contributed by atoms with Crippen molar-refractivity contribution in [2.45, 2.75) is 12.8 Å². The molecule has 0 aliphatic rings. The third-order valence-electron chi connectivity index (χ3n) is 3.17. The summed E-state index contributed by atoms with van der Waals surface area (Å²) in [6.07, 6.45) is -4.58. The predicted molar refractivity (Wildman–Crippen MR) is 91.7 cm³/mol. The fraction of sp³-hybridized carbons (Fsp3) is 0.188. The van der Waals surface area contributed by atoms with Gasteiger partial charge in [0.15, 0.2) is 0 Å². The second-order valence-electron chi connectivity index (χ2n) is 5.12. The molecule has 0 spiro atoms. The molecule has 2 aromatic carbocycles. The van der Waals surface area contributed by atoms with Crippen LogP contribution in [0.2, 0.25) is 10.0 Å². The maximum atomic E-state index is 12.7. The maximum Gasteiger partial charge on any atom is 0.416 e. The highest BCUT2D eigenvalue weighted by molar-refractivity contribution is 6.33. The van der Waals surface area contributed by atoms with E-state index in [2.05, 4.69) is 15.4 Å². The van der Waals surface area contributed by atoms with E-state index in [9.17, 15) is 26.7 Å². The molecule has 0 heterocycles. The van der Waals surface area contributed by atoms with E-state index in [-0.39, 0.29) is 28.0 Å². The number of alkyl halides is 5. The molecular formula is C16H11Cl2F5N2O2. The minimum atomic E-state index is -4.58. The summed E-state index contributed by atoms with van der Waals surface area (Å²) in [6.45, 7) is -3.37. The summed E-state index contributed by atoms with van der Waals surface area (Å²) in [5, 5.41) is 4.73. The van der Waals surface area contributed by atoms with Gasteiger partial charge in [0, 0.05) is 5.69 Å². The molecule has 0 saturated carbocycles. The Kier molecular flexibility index (Phi) is 6.72. The average molecular weight is 429 g/mol. The first-order valence-corrected chi connectivity index (χ1v) is 7.96. The van der Waals surface area contributed by atoms with Gasteiger partial charge in [0.2, 0.25) is 5.91 Å². The van der Waals surface area contributed by atoms with Crippen molar-refractivity contribution in [3.63, 3.8) is 0 Å². The second-order valence-corrected chi connectivity index (χ2v) is 5.93. The van der Waals surface area contributed by atoms with E-state index >= 15 is 0 Å². The van der Waals surface area contributed by atoms with E-state index in [0.29, 0.717) is 11.8 Å². The lowest BCUT2D eigenvalue weighted by Gasteiger charge is -2.13. The van der Waals surface area contributed by atoms with Gasteiger partial charge in [-0.25, -0.2) is 0 Å². The smallest absolute Gasteiger partial charge is 0.416 e. The van der Waals surface area contributed by atoms with Gasteiger partial charge in [0.25, 0.3) is 0 Å². The van der Waals surface area contributed by atoms with Gasteiger partial charge in [0.1, 0.15) is 5.75 Å². The molecular weight excluding hydrogens is 418 g/mol. The quantitative estimate of drug-likeness (QED) is 0.583. The third kappa shape index (κ3) is 6.14. The van der Waals surface area contributed by atoms with Crippen molar-refractivity contribution in [2.24, 2.45) is 0 Å². The first kappa shape index (κ1) is 21.0. The standard InChI is InChI=1S/C16H11Cl2F5N2O2/c17-10-3-1-8(16(21,22)23)5-12(10)25-14(26)7-24-9-2-4-13(11(18)6-9)27-15(19)20/h1-6,15,24H,7H2,(H,25,26). The number of hydrogen-bond donors (Lipinski definition) is 2. The Morgan fingerprint density at radius 2 is 1.78 bits per heavy atom. The Labute approximate surface area is 160 Å². The van der Waals surface area contributed by atoms with Crippen LogP contribution in [0, 0.1) is 0 Å². The summed E-state index contributed by atoms with van der Waals surface area (Å²) in [5.41, 5.74) is -0.847. The molecule has 1 amide bonds.